The van der Waals surface area contributed by atoms with E-state index in [9.17, 15) is 9.59 Å². The Morgan fingerprint density at radius 3 is 2.50 bits per heavy atom. The van der Waals surface area contributed by atoms with Crippen molar-refractivity contribution in [2.45, 2.75) is 51.5 Å². The van der Waals surface area contributed by atoms with Gasteiger partial charge >= 0.3 is 0 Å². The summed E-state index contributed by atoms with van der Waals surface area (Å²) in [7, 11) is 1.91. The van der Waals surface area contributed by atoms with E-state index in [0.717, 1.165) is 41.8 Å². The Hall–Kier alpha value is -2.14. The lowest BCUT2D eigenvalue weighted by Gasteiger charge is -2.28. The molecule has 5 nitrogen and oxygen atoms in total. The van der Waals surface area contributed by atoms with Crippen LogP contribution >= 0.6 is 0 Å². The van der Waals surface area contributed by atoms with Crippen molar-refractivity contribution in [2.24, 2.45) is 0 Å². The average Bonchev–Trinajstić information content (AvgIpc) is 3.42. The van der Waals surface area contributed by atoms with Gasteiger partial charge < -0.3 is 15.1 Å². The number of rotatable bonds is 7. The molecule has 2 amide bonds. The Bertz CT molecular complexity index is 677. The second-order valence-electron chi connectivity index (χ2n) is 7.66. The van der Waals surface area contributed by atoms with Crippen LogP contribution in [0.2, 0.25) is 0 Å². The van der Waals surface area contributed by atoms with Crippen LogP contribution in [-0.4, -0.2) is 42.9 Å². The van der Waals surface area contributed by atoms with E-state index < -0.39 is 0 Å². The lowest BCUT2D eigenvalue weighted by molar-refractivity contribution is -0.862. The first-order chi connectivity index (χ1) is 12.5. The van der Waals surface area contributed by atoms with E-state index in [1.54, 1.807) is 0 Å². The molecule has 2 N–H and O–H groups in total. The molecular formula is C21H30N3O2+. The van der Waals surface area contributed by atoms with Crippen molar-refractivity contribution in [2.75, 3.05) is 25.5 Å². The number of carbonyl (C=O) groups excluding carboxylic acids is 2. The minimum absolute atomic E-state index is 0.0611. The zero-order valence-electron chi connectivity index (χ0n) is 15.9. The van der Waals surface area contributed by atoms with Gasteiger partial charge in [-0.05, 0) is 57.6 Å². The van der Waals surface area contributed by atoms with Gasteiger partial charge in [-0.2, -0.15) is 0 Å². The fraction of sp³-hybridized carbons (Fsp3) is 0.524. The third-order valence-electron chi connectivity index (χ3n) is 5.01. The van der Waals surface area contributed by atoms with Crippen LogP contribution in [0.4, 0.5) is 5.69 Å². The molecule has 1 unspecified atom stereocenters. The standard InChI is InChI=1S/C21H29N3O2/c1-16-8-10-17(11-9-16)22-20(25)14-23(2)15-21(26)24(19-12-13-19)18-6-4-3-5-7-18/h6,8-11,19H,3-5,7,12-15H2,1-2H3,(H,22,25)/p+1. The third-order valence-corrected chi connectivity index (χ3v) is 5.01. The third kappa shape index (κ3) is 5.18. The maximum Gasteiger partial charge on any atom is 0.282 e. The molecule has 140 valence electrons. The van der Waals surface area contributed by atoms with Gasteiger partial charge in [-0.1, -0.05) is 23.8 Å². The van der Waals surface area contributed by atoms with Crippen molar-refractivity contribution >= 4 is 17.5 Å². The highest BCUT2D eigenvalue weighted by molar-refractivity contribution is 5.91. The van der Waals surface area contributed by atoms with Crippen LogP contribution in [-0.2, 0) is 9.59 Å². The number of nitrogens with one attached hydrogen (secondary N) is 2. The Morgan fingerprint density at radius 1 is 1.15 bits per heavy atom. The van der Waals surface area contributed by atoms with Crippen molar-refractivity contribution in [3.8, 4) is 0 Å². The van der Waals surface area contributed by atoms with Crippen LogP contribution < -0.4 is 10.2 Å². The number of amides is 2. The predicted molar refractivity (Wildman–Crippen MR) is 103 cm³/mol. The van der Waals surface area contributed by atoms with Crippen LogP contribution in [0.3, 0.4) is 0 Å². The first-order valence-electron chi connectivity index (χ1n) is 9.72. The van der Waals surface area contributed by atoms with Crippen molar-refractivity contribution in [1.29, 1.82) is 0 Å². The molecular weight excluding hydrogens is 326 g/mol. The summed E-state index contributed by atoms with van der Waals surface area (Å²) in [5.41, 5.74) is 3.17. The average molecular weight is 356 g/mol. The quantitative estimate of drug-likeness (QED) is 0.784. The lowest BCUT2D eigenvalue weighted by atomic mass is 10.0. The summed E-state index contributed by atoms with van der Waals surface area (Å²) in [5, 5.41) is 2.90. The molecule has 0 spiro atoms. The van der Waals surface area contributed by atoms with Gasteiger partial charge in [-0.25, -0.2) is 0 Å². The summed E-state index contributed by atoms with van der Waals surface area (Å²) in [4.78, 5) is 28.0. The van der Waals surface area contributed by atoms with Crippen LogP contribution in [0, 0.1) is 6.92 Å². The molecule has 3 rings (SSSR count). The zero-order valence-corrected chi connectivity index (χ0v) is 15.9. The molecule has 1 atom stereocenters. The number of hydrogen-bond acceptors (Lipinski definition) is 2. The van der Waals surface area contributed by atoms with Gasteiger partial charge in [0.05, 0.1) is 7.05 Å². The van der Waals surface area contributed by atoms with E-state index in [2.05, 4.69) is 11.4 Å². The Balaban J connectivity index is 1.52. The molecule has 0 bridgehead atoms. The van der Waals surface area contributed by atoms with Gasteiger partial charge in [-0.15, -0.1) is 0 Å². The summed E-state index contributed by atoms with van der Waals surface area (Å²) in [6, 6.07) is 8.14. The second kappa shape index (κ2) is 8.49. The van der Waals surface area contributed by atoms with E-state index in [-0.39, 0.29) is 18.4 Å². The highest BCUT2D eigenvalue weighted by atomic mass is 16.2. The molecule has 2 aliphatic carbocycles. The van der Waals surface area contributed by atoms with Crippen molar-refractivity contribution < 1.29 is 14.5 Å². The number of allylic oxidation sites excluding steroid dienone is 2. The highest BCUT2D eigenvalue weighted by Gasteiger charge is 2.36. The Labute approximate surface area is 156 Å². The van der Waals surface area contributed by atoms with E-state index in [1.165, 1.54) is 18.5 Å². The van der Waals surface area contributed by atoms with Crippen LogP contribution in [0.5, 0.6) is 0 Å². The van der Waals surface area contributed by atoms with Gasteiger partial charge in [0.25, 0.3) is 11.8 Å². The smallest absolute Gasteiger partial charge is 0.282 e. The summed E-state index contributed by atoms with van der Waals surface area (Å²) >= 11 is 0. The zero-order chi connectivity index (χ0) is 18.5. The van der Waals surface area contributed by atoms with Gasteiger partial charge in [0.15, 0.2) is 13.1 Å². The summed E-state index contributed by atoms with van der Waals surface area (Å²) in [5.74, 6) is 0.0929. The number of anilines is 1. The fourth-order valence-electron chi connectivity index (χ4n) is 3.49. The number of aryl methyl sites for hydroxylation is 1. The van der Waals surface area contributed by atoms with Crippen LogP contribution in [0.15, 0.2) is 36.0 Å². The van der Waals surface area contributed by atoms with Gasteiger partial charge in [0.1, 0.15) is 0 Å². The van der Waals surface area contributed by atoms with Crippen molar-refractivity contribution in [3.63, 3.8) is 0 Å². The molecule has 0 aromatic heterocycles. The minimum atomic E-state index is -0.0611. The topological polar surface area (TPSA) is 53.9 Å². The molecule has 0 aliphatic heterocycles. The molecule has 0 saturated heterocycles. The highest BCUT2D eigenvalue weighted by Crippen LogP contribution is 2.33. The first-order valence-corrected chi connectivity index (χ1v) is 9.72. The largest absolute Gasteiger partial charge is 0.322 e. The normalized spacial score (nSPS) is 18.0. The lowest BCUT2D eigenvalue weighted by Crippen LogP contribution is -3.11. The van der Waals surface area contributed by atoms with Crippen LogP contribution in [0.1, 0.15) is 44.1 Å². The molecule has 0 radical (unpaired) electrons. The molecule has 1 saturated carbocycles. The molecule has 26 heavy (non-hydrogen) atoms. The minimum Gasteiger partial charge on any atom is -0.322 e. The van der Waals surface area contributed by atoms with Gasteiger partial charge in [0, 0.05) is 17.4 Å². The number of quaternary nitrogens is 1. The van der Waals surface area contributed by atoms with E-state index in [1.807, 2.05) is 43.1 Å². The first kappa shape index (κ1) is 18.6. The summed E-state index contributed by atoms with van der Waals surface area (Å²) < 4.78 is 0. The van der Waals surface area contributed by atoms with E-state index >= 15 is 0 Å². The van der Waals surface area contributed by atoms with Crippen LogP contribution in [0.25, 0.3) is 0 Å². The molecule has 1 fully saturated rings. The van der Waals surface area contributed by atoms with E-state index in [0.29, 0.717) is 12.6 Å². The maximum atomic E-state index is 12.8. The van der Waals surface area contributed by atoms with E-state index in [4.69, 9.17) is 0 Å². The summed E-state index contributed by atoms with van der Waals surface area (Å²) in [6.07, 6.45) is 8.93. The number of likely N-dealkylation sites (N-methyl/N-ethyl adjacent to an activating group) is 1. The number of nitrogens with zero attached hydrogens (tertiary/aromatic N) is 1. The maximum absolute atomic E-state index is 12.8. The molecule has 5 heteroatoms. The summed E-state index contributed by atoms with van der Waals surface area (Å²) in [6.45, 7) is 2.66. The molecule has 1 aromatic carbocycles. The Morgan fingerprint density at radius 2 is 1.88 bits per heavy atom. The number of hydrogen-bond donors (Lipinski definition) is 2. The molecule has 2 aliphatic rings. The van der Waals surface area contributed by atoms with Gasteiger partial charge in [0.2, 0.25) is 0 Å². The fourth-order valence-corrected chi connectivity index (χ4v) is 3.49. The number of carbonyl (C=O) groups is 2. The predicted octanol–water partition coefficient (Wildman–Crippen LogP) is 1.90. The molecule has 0 heterocycles. The molecule has 1 aromatic rings. The van der Waals surface area contributed by atoms with Crippen molar-refractivity contribution in [1.82, 2.24) is 4.90 Å². The van der Waals surface area contributed by atoms with Crippen molar-refractivity contribution in [3.05, 3.63) is 41.6 Å². The number of benzene rings is 1. The SMILES string of the molecule is Cc1ccc(NC(=O)C[NH+](C)CC(=O)N(C2=CCCCC2)C2CC2)cc1. The van der Waals surface area contributed by atoms with Gasteiger partial charge in [-0.3, -0.25) is 9.59 Å². The Kier molecular flexibility index (Phi) is 6.09. The monoisotopic (exact) mass is 356 g/mol. The second-order valence-corrected chi connectivity index (χ2v) is 7.66.